The van der Waals surface area contributed by atoms with Crippen LogP contribution in [0.3, 0.4) is 0 Å². The van der Waals surface area contributed by atoms with Crippen molar-refractivity contribution in [2.45, 2.75) is 44.6 Å². The van der Waals surface area contributed by atoms with Gasteiger partial charge in [0.2, 0.25) is 15.9 Å². The lowest BCUT2D eigenvalue weighted by atomic mass is 10.1. The first-order valence-electron chi connectivity index (χ1n) is 9.05. The molecule has 0 unspecified atom stereocenters. The summed E-state index contributed by atoms with van der Waals surface area (Å²) in [4.78, 5) is 14.5. The van der Waals surface area contributed by atoms with Crippen LogP contribution in [0.2, 0.25) is 0 Å². The largest absolute Gasteiger partial charge is 0.372 e. The van der Waals surface area contributed by atoms with E-state index < -0.39 is 10.0 Å². The van der Waals surface area contributed by atoms with Crippen molar-refractivity contribution in [1.82, 2.24) is 4.31 Å². The van der Waals surface area contributed by atoms with Crippen molar-refractivity contribution in [3.63, 3.8) is 0 Å². The number of nitrogens with one attached hydrogen (secondary N) is 1. The van der Waals surface area contributed by atoms with Crippen LogP contribution in [-0.4, -0.2) is 50.6 Å². The summed E-state index contributed by atoms with van der Waals surface area (Å²) in [6, 6.07) is 7.99. The molecule has 1 saturated carbocycles. The van der Waals surface area contributed by atoms with Gasteiger partial charge in [-0.1, -0.05) is 0 Å². The fourth-order valence-electron chi connectivity index (χ4n) is 3.32. The minimum atomic E-state index is -3.24. The predicted octanol–water partition coefficient (Wildman–Crippen LogP) is 2.43. The van der Waals surface area contributed by atoms with Crippen LogP contribution >= 0.6 is 0 Å². The van der Waals surface area contributed by atoms with Crippen LogP contribution in [-0.2, 0) is 14.8 Å². The Morgan fingerprint density at radius 2 is 1.80 bits per heavy atom. The van der Waals surface area contributed by atoms with Crippen LogP contribution in [0.4, 0.5) is 11.4 Å². The van der Waals surface area contributed by atoms with Crippen molar-refractivity contribution in [1.29, 1.82) is 0 Å². The zero-order valence-electron chi connectivity index (χ0n) is 14.8. The highest BCUT2D eigenvalue weighted by molar-refractivity contribution is 7.88. The van der Waals surface area contributed by atoms with Crippen molar-refractivity contribution >= 4 is 27.3 Å². The molecule has 0 aromatic heterocycles. The van der Waals surface area contributed by atoms with Gasteiger partial charge < -0.3 is 10.2 Å². The molecule has 1 amide bonds. The summed E-state index contributed by atoms with van der Waals surface area (Å²) in [5, 5.41) is 2.86. The Hall–Kier alpha value is -1.60. The molecule has 3 rings (SSSR count). The molecule has 1 heterocycles. The van der Waals surface area contributed by atoms with Crippen molar-refractivity contribution in [2.24, 2.45) is 0 Å². The summed E-state index contributed by atoms with van der Waals surface area (Å²) in [6.07, 6.45) is 6.95. The second kappa shape index (κ2) is 7.74. The molecule has 1 N–H and O–H groups in total. The number of amides is 1. The number of carbonyl (C=O) groups excluding carboxylic acids is 1. The van der Waals surface area contributed by atoms with Crippen LogP contribution in [0.1, 0.15) is 38.5 Å². The first-order chi connectivity index (χ1) is 11.9. The molecule has 6 nitrogen and oxygen atoms in total. The quantitative estimate of drug-likeness (QED) is 0.806. The van der Waals surface area contributed by atoms with Crippen LogP contribution in [0.5, 0.6) is 0 Å². The standard InChI is InChI=1S/C18H27N3O3S/c1-25(23,24)21(17-9-10-17)14-11-18(22)19-15-5-7-16(8-6-15)20-12-3-2-4-13-20/h5-8,17H,2-4,9-14H2,1H3,(H,19,22). The highest BCUT2D eigenvalue weighted by Gasteiger charge is 2.34. The zero-order chi connectivity index (χ0) is 17.9. The minimum Gasteiger partial charge on any atom is -0.372 e. The van der Waals surface area contributed by atoms with E-state index in [1.807, 2.05) is 24.3 Å². The molecule has 1 aliphatic heterocycles. The van der Waals surface area contributed by atoms with Gasteiger partial charge in [0.25, 0.3) is 0 Å². The molecule has 1 saturated heterocycles. The van der Waals surface area contributed by atoms with E-state index in [-0.39, 0.29) is 24.9 Å². The molecule has 1 aromatic carbocycles. The zero-order valence-corrected chi connectivity index (χ0v) is 15.6. The number of hydrogen-bond donors (Lipinski definition) is 1. The number of carbonyl (C=O) groups is 1. The summed E-state index contributed by atoms with van der Waals surface area (Å²) in [7, 11) is -3.24. The van der Waals surface area contributed by atoms with E-state index in [0.717, 1.165) is 31.6 Å². The molecule has 0 radical (unpaired) electrons. The Balaban J connectivity index is 1.50. The summed E-state index contributed by atoms with van der Waals surface area (Å²) >= 11 is 0. The second-order valence-corrected chi connectivity index (χ2v) is 8.93. The average molecular weight is 365 g/mol. The van der Waals surface area contributed by atoms with Gasteiger partial charge in [0.15, 0.2) is 0 Å². The Morgan fingerprint density at radius 1 is 1.16 bits per heavy atom. The van der Waals surface area contributed by atoms with Crippen molar-refractivity contribution in [3.05, 3.63) is 24.3 Å². The molecule has 7 heteroatoms. The third-order valence-corrected chi connectivity index (χ3v) is 6.14. The van der Waals surface area contributed by atoms with Crippen LogP contribution in [0, 0.1) is 0 Å². The molecule has 138 valence electrons. The van der Waals surface area contributed by atoms with Gasteiger partial charge in [0.1, 0.15) is 0 Å². The lowest BCUT2D eigenvalue weighted by Gasteiger charge is -2.28. The number of hydrogen-bond acceptors (Lipinski definition) is 4. The smallest absolute Gasteiger partial charge is 0.225 e. The van der Waals surface area contributed by atoms with Crippen LogP contribution in [0.15, 0.2) is 24.3 Å². The molecule has 0 bridgehead atoms. The molecule has 1 aliphatic carbocycles. The molecular weight excluding hydrogens is 338 g/mol. The van der Waals surface area contributed by atoms with Crippen molar-refractivity contribution < 1.29 is 13.2 Å². The van der Waals surface area contributed by atoms with E-state index in [9.17, 15) is 13.2 Å². The maximum atomic E-state index is 12.1. The van der Waals surface area contributed by atoms with Gasteiger partial charge in [-0.05, 0) is 56.4 Å². The van der Waals surface area contributed by atoms with E-state index in [2.05, 4.69) is 10.2 Å². The maximum absolute atomic E-state index is 12.1. The van der Waals surface area contributed by atoms with Gasteiger partial charge in [0.05, 0.1) is 6.26 Å². The van der Waals surface area contributed by atoms with Crippen molar-refractivity contribution in [2.75, 3.05) is 36.1 Å². The maximum Gasteiger partial charge on any atom is 0.225 e. The third-order valence-electron chi connectivity index (χ3n) is 4.81. The monoisotopic (exact) mass is 365 g/mol. The van der Waals surface area contributed by atoms with E-state index in [1.165, 1.54) is 35.5 Å². The SMILES string of the molecule is CS(=O)(=O)N(CCC(=O)Nc1ccc(N2CCCCC2)cc1)C1CC1. The fourth-order valence-corrected chi connectivity index (χ4v) is 4.50. The second-order valence-electron chi connectivity index (χ2n) is 7.00. The van der Waals surface area contributed by atoms with E-state index in [4.69, 9.17) is 0 Å². The molecule has 1 aromatic rings. The number of piperidine rings is 1. The van der Waals surface area contributed by atoms with Crippen molar-refractivity contribution in [3.8, 4) is 0 Å². The normalized spacial score (nSPS) is 18.4. The summed E-state index contributed by atoms with van der Waals surface area (Å²) in [5.41, 5.74) is 1.94. The molecular formula is C18H27N3O3S. The molecule has 0 spiro atoms. The van der Waals surface area contributed by atoms with Gasteiger partial charge in [-0.3, -0.25) is 4.79 Å². The Bertz CT molecular complexity index is 693. The average Bonchev–Trinajstić information content (AvgIpc) is 3.40. The lowest BCUT2D eigenvalue weighted by molar-refractivity contribution is -0.116. The fraction of sp³-hybridized carbons (Fsp3) is 0.611. The third kappa shape index (κ3) is 5.19. The number of anilines is 2. The molecule has 2 fully saturated rings. The Labute approximate surface area is 150 Å². The molecule has 0 atom stereocenters. The van der Waals surface area contributed by atoms with Gasteiger partial charge in [0, 0.05) is 43.5 Å². The van der Waals surface area contributed by atoms with E-state index in [0.29, 0.717) is 0 Å². The summed E-state index contributed by atoms with van der Waals surface area (Å²) in [5.74, 6) is -0.153. The van der Waals surface area contributed by atoms with Gasteiger partial charge in [-0.15, -0.1) is 0 Å². The topological polar surface area (TPSA) is 69.7 Å². The number of nitrogens with zero attached hydrogens (tertiary/aromatic N) is 2. The van der Waals surface area contributed by atoms with E-state index in [1.54, 1.807) is 0 Å². The van der Waals surface area contributed by atoms with Gasteiger partial charge in [-0.2, -0.15) is 4.31 Å². The first-order valence-corrected chi connectivity index (χ1v) is 10.9. The highest BCUT2D eigenvalue weighted by Crippen LogP contribution is 2.29. The van der Waals surface area contributed by atoms with Gasteiger partial charge in [-0.25, -0.2) is 8.42 Å². The van der Waals surface area contributed by atoms with Gasteiger partial charge >= 0.3 is 0 Å². The number of sulfonamides is 1. The molecule has 25 heavy (non-hydrogen) atoms. The molecule has 2 aliphatic rings. The number of benzene rings is 1. The van der Waals surface area contributed by atoms with Crippen LogP contribution < -0.4 is 10.2 Å². The van der Waals surface area contributed by atoms with Crippen LogP contribution in [0.25, 0.3) is 0 Å². The Kier molecular flexibility index (Phi) is 5.64. The lowest BCUT2D eigenvalue weighted by Crippen LogP contribution is -2.34. The number of rotatable bonds is 7. The van der Waals surface area contributed by atoms with E-state index >= 15 is 0 Å². The highest BCUT2D eigenvalue weighted by atomic mass is 32.2. The minimum absolute atomic E-state index is 0.0895. The summed E-state index contributed by atoms with van der Waals surface area (Å²) in [6.45, 7) is 2.43. The first kappa shape index (κ1) is 18.2. The summed E-state index contributed by atoms with van der Waals surface area (Å²) < 4.78 is 25.0. The Morgan fingerprint density at radius 3 is 2.36 bits per heavy atom. The predicted molar refractivity (Wildman–Crippen MR) is 100 cm³/mol.